The summed E-state index contributed by atoms with van der Waals surface area (Å²) in [4.78, 5) is 11.3. The van der Waals surface area contributed by atoms with E-state index in [0.717, 1.165) is 39.3 Å². The first-order valence-corrected chi connectivity index (χ1v) is 12.0. The van der Waals surface area contributed by atoms with Crippen LogP contribution in [0.4, 0.5) is 0 Å². The van der Waals surface area contributed by atoms with Gasteiger partial charge in [0.25, 0.3) is 0 Å². The molecule has 3 aromatic carbocycles. The van der Waals surface area contributed by atoms with Crippen LogP contribution in [-0.4, -0.2) is 20.9 Å². The molecule has 0 saturated heterocycles. The summed E-state index contributed by atoms with van der Waals surface area (Å²) in [5, 5.41) is 14.9. The molecule has 1 heterocycles. The van der Waals surface area contributed by atoms with Gasteiger partial charge in [-0.1, -0.05) is 61.3 Å². The highest BCUT2D eigenvalue weighted by atomic mass is 35.5. The van der Waals surface area contributed by atoms with Crippen molar-refractivity contribution in [2.75, 3.05) is 0 Å². The highest BCUT2D eigenvalue weighted by Crippen LogP contribution is 2.33. The van der Waals surface area contributed by atoms with E-state index in [-0.39, 0.29) is 5.92 Å². The molecule has 0 atom stereocenters. The van der Waals surface area contributed by atoms with Gasteiger partial charge in [0.2, 0.25) is 0 Å². The molecule has 180 valence electrons. The summed E-state index contributed by atoms with van der Waals surface area (Å²) < 4.78 is 7.96. The van der Waals surface area contributed by atoms with Crippen LogP contribution in [0.3, 0.4) is 0 Å². The van der Waals surface area contributed by atoms with E-state index >= 15 is 0 Å². The number of carboxylic acid groups (broad SMARTS) is 1. The van der Waals surface area contributed by atoms with E-state index in [1.54, 1.807) is 35.9 Å². The van der Waals surface area contributed by atoms with Gasteiger partial charge in [0, 0.05) is 0 Å². The van der Waals surface area contributed by atoms with Gasteiger partial charge in [-0.05, 0) is 77.9 Å². The lowest BCUT2D eigenvalue weighted by atomic mass is 9.96. The van der Waals surface area contributed by atoms with Gasteiger partial charge in [-0.3, -0.25) is 0 Å². The van der Waals surface area contributed by atoms with Gasteiger partial charge < -0.3 is 9.84 Å². The van der Waals surface area contributed by atoms with Gasteiger partial charge in [0.1, 0.15) is 18.0 Å². The minimum absolute atomic E-state index is 0.240. The number of nitrogens with zero attached hydrogens (tertiary/aromatic N) is 2. The van der Waals surface area contributed by atoms with Crippen LogP contribution in [0.15, 0.2) is 60.8 Å². The van der Waals surface area contributed by atoms with Crippen molar-refractivity contribution >= 4 is 29.2 Å². The lowest BCUT2D eigenvalue weighted by molar-refractivity contribution is 0.0696. The molecule has 0 saturated carbocycles. The van der Waals surface area contributed by atoms with Crippen LogP contribution in [0.2, 0.25) is 10.0 Å². The molecule has 0 bridgehead atoms. The first-order chi connectivity index (χ1) is 16.7. The monoisotopic (exact) mass is 508 g/mol. The van der Waals surface area contributed by atoms with Crippen molar-refractivity contribution in [1.29, 1.82) is 0 Å². The molecule has 1 aromatic heterocycles. The second kappa shape index (κ2) is 10.1. The number of carbonyl (C=O) groups is 1. The Labute approximate surface area is 214 Å². The zero-order valence-corrected chi connectivity index (χ0v) is 21.5. The first-order valence-electron chi connectivity index (χ1n) is 11.3. The van der Waals surface area contributed by atoms with Crippen LogP contribution in [0.5, 0.6) is 5.75 Å². The number of carboxylic acids is 1. The maximum atomic E-state index is 11.3. The van der Waals surface area contributed by atoms with Gasteiger partial charge >= 0.3 is 5.97 Å². The first kappa shape index (κ1) is 24.8. The summed E-state index contributed by atoms with van der Waals surface area (Å²) in [5.74, 6) is 0.0372. The van der Waals surface area contributed by atoms with Crippen molar-refractivity contribution in [2.24, 2.45) is 0 Å². The number of rotatable bonds is 7. The van der Waals surface area contributed by atoms with Crippen LogP contribution in [0, 0.1) is 13.8 Å². The average Bonchev–Trinajstić information content (AvgIpc) is 3.21. The molecule has 35 heavy (non-hydrogen) atoms. The number of aromatic carboxylic acids is 1. The third-order valence-corrected chi connectivity index (χ3v) is 6.62. The lowest BCUT2D eigenvalue weighted by Gasteiger charge is -2.16. The largest absolute Gasteiger partial charge is 0.487 e. The number of aryl methyl sites for hydroxylation is 2. The number of halogens is 2. The van der Waals surface area contributed by atoms with E-state index in [1.165, 1.54) is 0 Å². The molecule has 4 rings (SSSR count). The molecule has 4 aromatic rings. The van der Waals surface area contributed by atoms with Gasteiger partial charge in [0.15, 0.2) is 0 Å². The number of aromatic nitrogens is 2. The van der Waals surface area contributed by atoms with Gasteiger partial charge in [-0.2, -0.15) is 5.10 Å². The van der Waals surface area contributed by atoms with E-state index in [4.69, 9.17) is 27.9 Å². The van der Waals surface area contributed by atoms with Crippen molar-refractivity contribution in [3.05, 3.63) is 98.8 Å². The van der Waals surface area contributed by atoms with Crippen molar-refractivity contribution in [1.82, 2.24) is 9.78 Å². The number of hydrogen-bond acceptors (Lipinski definition) is 3. The zero-order valence-electron chi connectivity index (χ0n) is 20.0. The normalized spacial score (nSPS) is 11.2. The fraction of sp³-hybridized carbons (Fsp3) is 0.214. The summed E-state index contributed by atoms with van der Waals surface area (Å²) in [7, 11) is 0. The number of ether oxygens (including phenoxy) is 1. The molecule has 1 N–H and O–H groups in total. The lowest BCUT2D eigenvalue weighted by Crippen LogP contribution is -2.09. The summed E-state index contributed by atoms with van der Waals surface area (Å²) in [6.45, 7) is 8.32. The molecule has 0 aliphatic carbocycles. The summed E-state index contributed by atoms with van der Waals surface area (Å²) in [5.41, 5.74) is 6.62. The fourth-order valence-corrected chi connectivity index (χ4v) is 4.73. The molecule has 0 amide bonds. The quantitative estimate of drug-likeness (QED) is 0.275. The highest BCUT2D eigenvalue weighted by Gasteiger charge is 2.19. The Morgan fingerprint density at radius 3 is 2.34 bits per heavy atom. The Morgan fingerprint density at radius 1 is 1.03 bits per heavy atom. The topological polar surface area (TPSA) is 64.4 Å². The molecule has 0 unspecified atom stereocenters. The molecule has 5 nitrogen and oxygen atoms in total. The Bertz CT molecular complexity index is 1390. The van der Waals surface area contributed by atoms with E-state index < -0.39 is 5.97 Å². The molecule has 0 fully saturated rings. The Morgan fingerprint density at radius 2 is 1.74 bits per heavy atom. The summed E-state index contributed by atoms with van der Waals surface area (Å²) in [6, 6.07) is 16.6. The van der Waals surface area contributed by atoms with Crippen molar-refractivity contribution in [3.8, 4) is 22.6 Å². The van der Waals surface area contributed by atoms with Crippen LogP contribution in [-0.2, 0) is 6.61 Å². The summed E-state index contributed by atoms with van der Waals surface area (Å²) >= 11 is 12.9. The van der Waals surface area contributed by atoms with E-state index in [2.05, 4.69) is 18.9 Å². The van der Waals surface area contributed by atoms with Crippen molar-refractivity contribution in [2.45, 2.75) is 40.2 Å². The van der Waals surface area contributed by atoms with Gasteiger partial charge in [-0.25, -0.2) is 9.48 Å². The van der Waals surface area contributed by atoms with E-state index in [9.17, 15) is 9.90 Å². The maximum Gasteiger partial charge on any atom is 0.335 e. The average molecular weight is 509 g/mol. The Balaban J connectivity index is 1.62. The van der Waals surface area contributed by atoms with E-state index in [0.29, 0.717) is 27.9 Å². The fourth-order valence-electron chi connectivity index (χ4n) is 4.17. The SMILES string of the molecule is Cc1cc(-c2ccc(OCc3c(C(C)C)cnn3-c3c(Cl)cccc3Cl)cc2C)ccc1C(=O)O. The second-order valence-electron chi connectivity index (χ2n) is 8.78. The summed E-state index contributed by atoms with van der Waals surface area (Å²) in [6.07, 6.45) is 1.83. The predicted molar refractivity (Wildman–Crippen MR) is 140 cm³/mol. The van der Waals surface area contributed by atoms with Crippen LogP contribution in [0.25, 0.3) is 16.8 Å². The predicted octanol–water partition coefficient (Wildman–Crippen LogP) is 7.86. The van der Waals surface area contributed by atoms with Crippen LogP contribution < -0.4 is 4.74 Å². The molecule has 0 spiro atoms. The van der Waals surface area contributed by atoms with E-state index in [1.807, 2.05) is 43.5 Å². The molecular formula is C28H26Cl2N2O3. The third-order valence-electron chi connectivity index (χ3n) is 6.01. The maximum absolute atomic E-state index is 11.3. The molecule has 0 radical (unpaired) electrons. The van der Waals surface area contributed by atoms with Crippen molar-refractivity contribution in [3.63, 3.8) is 0 Å². The van der Waals surface area contributed by atoms with Crippen LogP contribution >= 0.6 is 23.2 Å². The minimum Gasteiger partial charge on any atom is -0.487 e. The molecular weight excluding hydrogens is 483 g/mol. The van der Waals surface area contributed by atoms with Crippen LogP contribution in [0.1, 0.15) is 52.5 Å². The Hall–Kier alpha value is -3.28. The number of para-hydroxylation sites is 1. The minimum atomic E-state index is -0.924. The standard InChI is InChI=1S/C28H26Cl2N2O3/c1-16(2)23-14-31-32(27-24(29)6-5-7-25(27)30)26(23)15-35-20-9-11-21(18(4)13-20)19-8-10-22(28(33)34)17(3)12-19/h5-14,16H,15H2,1-4H3,(H,33,34). The second-order valence-corrected chi connectivity index (χ2v) is 9.60. The smallest absolute Gasteiger partial charge is 0.335 e. The van der Waals surface area contributed by atoms with Gasteiger partial charge in [0.05, 0.1) is 27.5 Å². The number of hydrogen-bond donors (Lipinski definition) is 1. The third kappa shape index (κ3) is 5.07. The molecule has 0 aliphatic heterocycles. The van der Waals surface area contributed by atoms with Gasteiger partial charge in [-0.15, -0.1) is 0 Å². The zero-order chi connectivity index (χ0) is 25.3. The number of benzene rings is 3. The molecule has 0 aliphatic rings. The van der Waals surface area contributed by atoms with Crippen molar-refractivity contribution < 1.29 is 14.6 Å². The Kier molecular flexibility index (Phi) is 7.20. The highest BCUT2D eigenvalue weighted by molar-refractivity contribution is 6.37. The molecule has 7 heteroatoms.